The first-order valence-electron chi connectivity index (χ1n) is 8.59. The SMILES string of the molecule is CS(=O)(=O)CC(O)c1cc2n(n1)CCN(C1CCCCCC1)C2. The van der Waals surface area contributed by atoms with Crippen molar-refractivity contribution in [3.8, 4) is 0 Å². The molecule has 0 bridgehead atoms. The molecule has 1 unspecified atom stereocenters. The van der Waals surface area contributed by atoms with Crippen molar-refractivity contribution >= 4 is 9.84 Å². The average molecular weight is 341 g/mol. The number of aromatic nitrogens is 2. The van der Waals surface area contributed by atoms with Crippen LogP contribution in [0.1, 0.15) is 56.0 Å². The lowest BCUT2D eigenvalue weighted by Gasteiger charge is -2.34. The van der Waals surface area contributed by atoms with Crippen LogP contribution in [0.3, 0.4) is 0 Å². The highest BCUT2D eigenvalue weighted by Crippen LogP contribution is 2.26. The van der Waals surface area contributed by atoms with Gasteiger partial charge in [-0.15, -0.1) is 0 Å². The van der Waals surface area contributed by atoms with E-state index in [-0.39, 0.29) is 5.75 Å². The van der Waals surface area contributed by atoms with Gasteiger partial charge in [0.25, 0.3) is 0 Å². The zero-order chi connectivity index (χ0) is 16.4. The van der Waals surface area contributed by atoms with E-state index in [4.69, 9.17) is 0 Å². The summed E-state index contributed by atoms with van der Waals surface area (Å²) in [6.45, 7) is 2.65. The number of hydrogen-bond donors (Lipinski definition) is 1. The monoisotopic (exact) mass is 341 g/mol. The van der Waals surface area contributed by atoms with E-state index < -0.39 is 15.9 Å². The molecule has 2 heterocycles. The first-order chi connectivity index (χ1) is 10.9. The molecule has 0 radical (unpaired) electrons. The van der Waals surface area contributed by atoms with Crippen molar-refractivity contribution in [2.45, 2.75) is 63.8 Å². The van der Waals surface area contributed by atoms with Crippen molar-refractivity contribution < 1.29 is 13.5 Å². The minimum absolute atomic E-state index is 0.268. The van der Waals surface area contributed by atoms with E-state index in [1.807, 2.05) is 10.7 Å². The van der Waals surface area contributed by atoms with Gasteiger partial charge in [0.2, 0.25) is 0 Å². The van der Waals surface area contributed by atoms with Crippen LogP contribution in [-0.2, 0) is 22.9 Å². The number of hydrogen-bond acceptors (Lipinski definition) is 5. The summed E-state index contributed by atoms with van der Waals surface area (Å²) in [7, 11) is -3.21. The summed E-state index contributed by atoms with van der Waals surface area (Å²) in [5.74, 6) is -0.268. The van der Waals surface area contributed by atoms with Gasteiger partial charge in [-0.3, -0.25) is 9.58 Å². The molecule has 1 aromatic rings. The summed E-state index contributed by atoms with van der Waals surface area (Å²) in [5.41, 5.74) is 1.57. The summed E-state index contributed by atoms with van der Waals surface area (Å²) in [6, 6.07) is 2.53. The molecule has 1 saturated carbocycles. The van der Waals surface area contributed by atoms with Gasteiger partial charge in [-0.1, -0.05) is 25.7 Å². The maximum absolute atomic E-state index is 11.3. The minimum atomic E-state index is -3.21. The van der Waals surface area contributed by atoms with Gasteiger partial charge in [0.1, 0.15) is 15.9 Å². The second kappa shape index (κ2) is 6.91. The van der Waals surface area contributed by atoms with Gasteiger partial charge in [-0.05, 0) is 18.9 Å². The summed E-state index contributed by atoms with van der Waals surface area (Å²) < 4.78 is 24.6. The van der Waals surface area contributed by atoms with Crippen molar-refractivity contribution in [2.75, 3.05) is 18.6 Å². The van der Waals surface area contributed by atoms with Crippen LogP contribution < -0.4 is 0 Å². The predicted octanol–water partition coefficient (Wildman–Crippen LogP) is 1.50. The number of nitrogens with zero attached hydrogens (tertiary/aromatic N) is 3. The fourth-order valence-electron chi connectivity index (χ4n) is 3.78. The lowest BCUT2D eigenvalue weighted by atomic mass is 10.1. The fourth-order valence-corrected chi connectivity index (χ4v) is 4.52. The first kappa shape index (κ1) is 16.9. The molecule has 6 nitrogen and oxygen atoms in total. The molecule has 1 atom stereocenters. The zero-order valence-electron chi connectivity index (χ0n) is 13.8. The molecule has 23 heavy (non-hydrogen) atoms. The number of aliphatic hydroxyl groups is 1. The topological polar surface area (TPSA) is 75.4 Å². The van der Waals surface area contributed by atoms with Crippen LogP contribution in [0.5, 0.6) is 0 Å². The van der Waals surface area contributed by atoms with E-state index >= 15 is 0 Å². The zero-order valence-corrected chi connectivity index (χ0v) is 14.6. The molecule has 0 spiro atoms. The Morgan fingerprint density at radius 2 is 1.96 bits per heavy atom. The molecule has 1 aromatic heterocycles. The number of rotatable bonds is 4. The maximum Gasteiger partial charge on any atom is 0.150 e. The Balaban J connectivity index is 1.69. The Morgan fingerprint density at radius 1 is 1.26 bits per heavy atom. The Bertz CT molecular complexity index is 633. The molecule has 1 aliphatic carbocycles. The molecular formula is C16H27N3O3S. The van der Waals surface area contributed by atoms with Crippen LogP contribution in [-0.4, -0.2) is 52.8 Å². The normalized spacial score (nSPS) is 22.5. The maximum atomic E-state index is 11.3. The third kappa shape index (κ3) is 4.33. The molecule has 7 heteroatoms. The highest BCUT2D eigenvalue weighted by Gasteiger charge is 2.27. The molecule has 2 aliphatic rings. The first-order valence-corrected chi connectivity index (χ1v) is 10.6. The molecule has 3 rings (SSSR count). The van der Waals surface area contributed by atoms with E-state index in [0.717, 1.165) is 31.6 Å². The number of fused-ring (bicyclic) bond motifs is 1. The molecule has 1 aliphatic heterocycles. The summed E-state index contributed by atoms with van der Waals surface area (Å²) in [6.07, 6.45) is 8.00. The van der Waals surface area contributed by atoms with Crippen LogP contribution in [0.25, 0.3) is 0 Å². The standard InChI is InChI=1S/C16H27N3O3S/c1-23(21,22)12-16(20)15-10-14-11-18(8-9-19(14)17-15)13-6-4-2-3-5-7-13/h10,13,16,20H,2-9,11-12H2,1H3. The van der Waals surface area contributed by atoms with E-state index in [2.05, 4.69) is 10.00 Å². The van der Waals surface area contributed by atoms with E-state index in [1.165, 1.54) is 38.5 Å². The van der Waals surface area contributed by atoms with Crippen LogP contribution in [0.15, 0.2) is 6.07 Å². The molecule has 130 valence electrons. The van der Waals surface area contributed by atoms with Crippen LogP contribution in [0, 0.1) is 0 Å². The second-order valence-electron chi connectivity index (χ2n) is 7.01. The van der Waals surface area contributed by atoms with Gasteiger partial charge >= 0.3 is 0 Å². The molecular weight excluding hydrogens is 314 g/mol. The Kier molecular flexibility index (Phi) is 5.08. The van der Waals surface area contributed by atoms with Gasteiger partial charge < -0.3 is 5.11 Å². The van der Waals surface area contributed by atoms with Gasteiger partial charge in [0.15, 0.2) is 0 Å². The van der Waals surface area contributed by atoms with Crippen molar-refractivity contribution in [3.63, 3.8) is 0 Å². The average Bonchev–Trinajstić information content (AvgIpc) is 2.71. The molecule has 0 amide bonds. The van der Waals surface area contributed by atoms with Crippen molar-refractivity contribution in [1.82, 2.24) is 14.7 Å². The van der Waals surface area contributed by atoms with Crippen LogP contribution in [0.4, 0.5) is 0 Å². The summed E-state index contributed by atoms with van der Waals surface area (Å²) in [4.78, 5) is 2.54. The third-order valence-electron chi connectivity index (χ3n) is 4.99. The Hall–Kier alpha value is -0.920. The molecule has 0 aromatic carbocycles. The van der Waals surface area contributed by atoms with E-state index in [0.29, 0.717) is 11.7 Å². The largest absolute Gasteiger partial charge is 0.386 e. The van der Waals surface area contributed by atoms with Crippen LogP contribution >= 0.6 is 0 Å². The fraction of sp³-hybridized carbons (Fsp3) is 0.812. The molecule has 1 N–H and O–H groups in total. The third-order valence-corrected chi connectivity index (χ3v) is 5.91. The highest BCUT2D eigenvalue weighted by atomic mass is 32.2. The summed E-state index contributed by atoms with van der Waals surface area (Å²) in [5, 5.41) is 14.5. The smallest absolute Gasteiger partial charge is 0.150 e. The van der Waals surface area contributed by atoms with Crippen LogP contribution in [0.2, 0.25) is 0 Å². The molecule has 0 saturated heterocycles. The second-order valence-corrected chi connectivity index (χ2v) is 9.19. The Labute approximate surface area is 138 Å². The highest BCUT2D eigenvalue weighted by molar-refractivity contribution is 7.90. The lowest BCUT2D eigenvalue weighted by Crippen LogP contribution is -2.41. The lowest BCUT2D eigenvalue weighted by molar-refractivity contribution is 0.136. The van der Waals surface area contributed by atoms with Gasteiger partial charge in [-0.2, -0.15) is 5.10 Å². The predicted molar refractivity (Wildman–Crippen MR) is 88.8 cm³/mol. The minimum Gasteiger partial charge on any atom is -0.386 e. The van der Waals surface area contributed by atoms with E-state index in [9.17, 15) is 13.5 Å². The van der Waals surface area contributed by atoms with E-state index in [1.54, 1.807) is 0 Å². The van der Waals surface area contributed by atoms with Crippen molar-refractivity contribution in [3.05, 3.63) is 17.5 Å². The quantitative estimate of drug-likeness (QED) is 0.840. The van der Waals surface area contributed by atoms with Gasteiger partial charge in [0, 0.05) is 25.4 Å². The van der Waals surface area contributed by atoms with Crippen molar-refractivity contribution in [2.24, 2.45) is 0 Å². The van der Waals surface area contributed by atoms with Gasteiger partial charge in [0.05, 0.1) is 23.7 Å². The molecule has 1 fully saturated rings. The van der Waals surface area contributed by atoms with Gasteiger partial charge in [-0.25, -0.2) is 8.42 Å². The van der Waals surface area contributed by atoms with Crippen molar-refractivity contribution in [1.29, 1.82) is 0 Å². The number of sulfone groups is 1. The Morgan fingerprint density at radius 3 is 2.61 bits per heavy atom. The summed E-state index contributed by atoms with van der Waals surface area (Å²) >= 11 is 0. The number of aliphatic hydroxyl groups excluding tert-OH is 1.